The Morgan fingerprint density at radius 1 is 1.25 bits per heavy atom. The molecule has 4 heteroatoms. The summed E-state index contributed by atoms with van der Waals surface area (Å²) < 4.78 is 10.8. The number of carbonyl (C=O) groups excluding carboxylic acids is 1. The van der Waals surface area contributed by atoms with Crippen LogP contribution >= 0.6 is 0 Å². The summed E-state index contributed by atoms with van der Waals surface area (Å²) in [5.74, 6) is 1.16. The SMILES string of the molecule is CCC(=O)Oc1ccc(OCCC2CCCCN2)cc1. The molecule has 1 N–H and O–H groups in total. The predicted octanol–water partition coefficient (Wildman–Crippen LogP) is 2.91. The summed E-state index contributed by atoms with van der Waals surface area (Å²) >= 11 is 0. The average molecular weight is 277 g/mol. The number of carbonyl (C=O) groups is 1. The summed E-state index contributed by atoms with van der Waals surface area (Å²) in [4.78, 5) is 11.2. The molecule has 4 nitrogen and oxygen atoms in total. The van der Waals surface area contributed by atoms with Gasteiger partial charge in [-0.2, -0.15) is 0 Å². The van der Waals surface area contributed by atoms with Crippen molar-refractivity contribution in [3.05, 3.63) is 24.3 Å². The molecule has 1 aliphatic heterocycles. The molecule has 20 heavy (non-hydrogen) atoms. The number of hydrogen-bond acceptors (Lipinski definition) is 4. The fraction of sp³-hybridized carbons (Fsp3) is 0.562. The van der Waals surface area contributed by atoms with Crippen molar-refractivity contribution in [2.24, 2.45) is 0 Å². The van der Waals surface area contributed by atoms with Gasteiger partial charge in [-0.3, -0.25) is 4.79 Å². The molecule has 1 atom stereocenters. The molecule has 0 saturated carbocycles. The molecule has 1 fully saturated rings. The van der Waals surface area contributed by atoms with Gasteiger partial charge in [-0.1, -0.05) is 13.3 Å². The molecule has 0 aromatic heterocycles. The Kier molecular flexibility index (Phi) is 5.87. The van der Waals surface area contributed by atoms with Gasteiger partial charge in [0.05, 0.1) is 6.61 Å². The molecule has 0 aliphatic carbocycles. The molecule has 1 aromatic carbocycles. The Morgan fingerprint density at radius 3 is 2.65 bits per heavy atom. The van der Waals surface area contributed by atoms with Gasteiger partial charge in [-0.05, 0) is 50.1 Å². The second-order valence-corrected chi connectivity index (χ2v) is 5.08. The highest BCUT2D eigenvalue weighted by Gasteiger charge is 2.12. The van der Waals surface area contributed by atoms with Crippen molar-refractivity contribution in [3.63, 3.8) is 0 Å². The van der Waals surface area contributed by atoms with Gasteiger partial charge in [0.25, 0.3) is 0 Å². The molecular weight excluding hydrogens is 254 g/mol. The molecule has 110 valence electrons. The lowest BCUT2D eigenvalue weighted by atomic mass is 10.0. The summed E-state index contributed by atoms with van der Waals surface area (Å²) in [6, 6.07) is 7.80. The first kappa shape index (κ1) is 14.9. The number of esters is 1. The van der Waals surface area contributed by atoms with Crippen molar-refractivity contribution in [1.29, 1.82) is 0 Å². The van der Waals surface area contributed by atoms with Crippen LogP contribution in [0.2, 0.25) is 0 Å². The average Bonchev–Trinajstić information content (AvgIpc) is 2.50. The number of hydrogen-bond donors (Lipinski definition) is 1. The van der Waals surface area contributed by atoms with E-state index in [9.17, 15) is 4.79 Å². The van der Waals surface area contributed by atoms with Crippen LogP contribution in [0.4, 0.5) is 0 Å². The molecule has 1 unspecified atom stereocenters. The third kappa shape index (κ3) is 4.85. The zero-order valence-electron chi connectivity index (χ0n) is 12.1. The lowest BCUT2D eigenvalue weighted by Gasteiger charge is -2.23. The molecule has 1 aromatic rings. The predicted molar refractivity (Wildman–Crippen MR) is 78.1 cm³/mol. The van der Waals surface area contributed by atoms with Crippen LogP contribution in [-0.4, -0.2) is 25.2 Å². The van der Waals surface area contributed by atoms with E-state index in [1.807, 2.05) is 12.1 Å². The van der Waals surface area contributed by atoms with Crippen LogP contribution in [0.15, 0.2) is 24.3 Å². The minimum Gasteiger partial charge on any atom is -0.494 e. The summed E-state index contributed by atoms with van der Waals surface area (Å²) in [6.07, 6.45) is 5.26. The summed E-state index contributed by atoms with van der Waals surface area (Å²) in [5, 5.41) is 3.51. The number of nitrogens with one attached hydrogen (secondary N) is 1. The van der Waals surface area contributed by atoms with Crippen molar-refractivity contribution in [2.75, 3.05) is 13.2 Å². The third-order valence-electron chi connectivity index (χ3n) is 3.49. The molecular formula is C16H23NO3. The van der Waals surface area contributed by atoms with Crippen LogP contribution < -0.4 is 14.8 Å². The van der Waals surface area contributed by atoms with Gasteiger partial charge in [0.15, 0.2) is 0 Å². The topological polar surface area (TPSA) is 47.6 Å². The number of benzene rings is 1. The first-order valence-corrected chi connectivity index (χ1v) is 7.45. The van der Waals surface area contributed by atoms with E-state index in [1.54, 1.807) is 19.1 Å². The van der Waals surface area contributed by atoms with Gasteiger partial charge in [-0.15, -0.1) is 0 Å². The molecule has 1 aliphatic rings. The van der Waals surface area contributed by atoms with Crippen LogP contribution in [0.5, 0.6) is 11.5 Å². The van der Waals surface area contributed by atoms with Crippen molar-refractivity contribution in [1.82, 2.24) is 5.32 Å². The van der Waals surface area contributed by atoms with E-state index >= 15 is 0 Å². The zero-order valence-corrected chi connectivity index (χ0v) is 12.1. The maximum absolute atomic E-state index is 11.2. The highest BCUT2D eigenvalue weighted by Crippen LogP contribution is 2.18. The van der Waals surface area contributed by atoms with Gasteiger partial charge >= 0.3 is 5.97 Å². The van der Waals surface area contributed by atoms with Crippen LogP contribution in [0, 0.1) is 0 Å². The highest BCUT2D eigenvalue weighted by atomic mass is 16.5. The quantitative estimate of drug-likeness (QED) is 0.641. The maximum Gasteiger partial charge on any atom is 0.310 e. The van der Waals surface area contributed by atoms with Crippen LogP contribution in [0.1, 0.15) is 39.0 Å². The van der Waals surface area contributed by atoms with Crippen molar-refractivity contribution in [2.45, 2.75) is 45.1 Å². The monoisotopic (exact) mass is 277 g/mol. The Labute approximate surface area is 120 Å². The van der Waals surface area contributed by atoms with E-state index in [0.717, 1.165) is 18.7 Å². The van der Waals surface area contributed by atoms with Crippen LogP contribution in [0.3, 0.4) is 0 Å². The molecule has 2 rings (SSSR count). The van der Waals surface area contributed by atoms with E-state index < -0.39 is 0 Å². The van der Waals surface area contributed by atoms with E-state index in [0.29, 0.717) is 24.8 Å². The van der Waals surface area contributed by atoms with E-state index in [2.05, 4.69) is 5.32 Å². The number of rotatable bonds is 6. The summed E-state index contributed by atoms with van der Waals surface area (Å²) in [5.41, 5.74) is 0. The van der Waals surface area contributed by atoms with Crippen molar-refractivity contribution >= 4 is 5.97 Å². The van der Waals surface area contributed by atoms with Crippen LogP contribution in [0.25, 0.3) is 0 Å². The molecule has 1 saturated heterocycles. The standard InChI is InChI=1S/C16H23NO3/c1-2-16(18)20-15-8-6-14(7-9-15)19-12-10-13-5-3-4-11-17-13/h6-9,13,17H,2-5,10-12H2,1H3. The molecule has 0 radical (unpaired) electrons. The van der Waals surface area contributed by atoms with Gasteiger partial charge < -0.3 is 14.8 Å². The first-order valence-electron chi connectivity index (χ1n) is 7.45. The normalized spacial score (nSPS) is 18.6. The van der Waals surface area contributed by atoms with Gasteiger partial charge in [-0.25, -0.2) is 0 Å². The Morgan fingerprint density at radius 2 is 2.00 bits per heavy atom. The minimum absolute atomic E-state index is 0.220. The van der Waals surface area contributed by atoms with Gasteiger partial charge in [0, 0.05) is 12.5 Å². The Bertz CT molecular complexity index is 410. The fourth-order valence-electron chi connectivity index (χ4n) is 2.30. The Balaban J connectivity index is 1.71. The van der Waals surface area contributed by atoms with Crippen LogP contribution in [-0.2, 0) is 4.79 Å². The van der Waals surface area contributed by atoms with E-state index in [1.165, 1.54) is 19.3 Å². The highest BCUT2D eigenvalue weighted by molar-refractivity contribution is 5.71. The third-order valence-corrected chi connectivity index (χ3v) is 3.49. The minimum atomic E-state index is -0.220. The fourth-order valence-corrected chi connectivity index (χ4v) is 2.30. The van der Waals surface area contributed by atoms with E-state index in [4.69, 9.17) is 9.47 Å². The first-order chi connectivity index (χ1) is 9.78. The molecule has 0 amide bonds. The molecule has 0 bridgehead atoms. The summed E-state index contributed by atoms with van der Waals surface area (Å²) in [6.45, 7) is 3.62. The van der Waals surface area contributed by atoms with Crippen molar-refractivity contribution in [3.8, 4) is 11.5 Å². The zero-order chi connectivity index (χ0) is 14.2. The number of piperidine rings is 1. The summed E-state index contributed by atoms with van der Waals surface area (Å²) in [7, 11) is 0. The lowest BCUT2D eigenvalue weighted by Crippen LogP contribution is -2.35. The molecule has 0 spiro atoms. The van der Waals surface area contributed by atoms with Gasteiger partial charge in [0.2, 0.25) is 0 Å². The lowest BCUT2D eigenvalue weighted by molar-refractivity contribution is -0.134. The molecule has 1 heterocycles. The van der Waals surface area contributed by atoms with Crippen molar-refractivity contribution < 1.29 is 14.3 Å². The van der Waals surface area contributed by atoms with E-state index in [-0.39, 0.29) is 5.97 Å². The smallest absolute Gasteiger partial charge is 0.310 e. The van der Waals surface area contributed by atoms with Gasteiger partial charge in [0.1, 0.15) is 11.5 Å². The second kappa shape index (κ2) is 7.90. The Hall–Kier alpha value is -1.55. The second-order valence-electron chi connectivity index (χ2n) is 5.08. The number of ether oxygens (including phenoxy) is 2. The largest absolute Gasteiger partial charge is 0.494 e. The maximum atomic E-state index is 11.2.